The van der Waals surface area contributed by atoms with Crippen LogP contribution in [0.25, 0.3) is 0 Å². The molecular formula is C18H36N2O2. The van der Waals surface area contributed by atoms with Gasteiger partial charge in [0.2, 0.25) is 0 Å². The predicted octanol–water partition coefficient (Wildman–Crippen LogP) is 4.05. The van der Waals surface area contributed by atoms with Gasteiger partial charge in [-0.2, -0.15) is 0 Å². The maximum absolute atomic E-state index is 12.1. The Morgan fingerprint density at radius 1 is 1.32 bits per heavy atom. The highest BCUT2D eigenvalue weighted by atomic mass is 16.6. The molecule has 0 saturated carbocycles. The Morgan fingerprint density at radius 2 is 1.91 bits per heavy atom. The summed E-state index contributed by atoms with van der Waals surface area (Å²) >= 11 is 0. The average Bonchev–Trinajstić information content (AvgIpc) is 2.37. The Labute approximate surface area is 137 Å². The molecule has 0 aliphatic carbocycles. The van der Waals surface area contributed by atoms with Gasteiger partial charge >= 0.3 is 6.09 Å². The van der Waals surface area contributed by atoms with Crippen LogP contribution in [0, 0.1) is 11.3 Å². The number of amides is 1. The third-order valence-corrected chi connectivity index (χ3v) is 4.45. The molecule has 1 heterocycles. The Morgan fingerprint density at radius 3 is 2.41 bits per heavy atom. The summed E-state index contributed by atoms with van der Waals surface area (Å²) in [6, 6.07) is 0. The van der Waals surface area contributed by atoms with E-state index in [9.17, 15) is 4.79 Å². The molecule has 1 amide bonds. The maximum atomic E-state index is 12.1. The number of ether oxygens (including phenoxy) is 1. The van der Waals surface area contributed by atoms with Crippen LogP contribution >= 0.6 is 0 Å². The summed E-state index contributed by atoms with van der Waals surface area (Å²) in [6.45, 7) is 16.4. The molecule has 1 aliphatic rings. The van der Waals surface area contributed by atoms with Crippen LogP contribution in [-0.2, 0) is 4.74 Å². The summed E-state index contributed by atoms with van der Waals surface area (Å²) in [7, 11) is 0. The zero-order valence-corrected chi connectivity index (χ0v) is 15.5. The first-order valence-electron chi connectivity index (χ1n) is 8.84. The molecule has 4 heteroatoms. The largest absolute Gasteiger partial charge is 0.444 e. The van der Waals surface area contributed by atoms with Crippen molar-refractivity contribution in [2.24, 2.45) is 11.3 Å². The van der Waals surface area contributed by atoms with Gasteiger partial charge in [0.1, 0.15) is 5.60 Å². The lowest BCUT2D eigenvalue weighted by Gasteiger charge is -2.40. The molecule has 0 bridgehead atoms. The van der Waals surface area contributed by atoms with Crippen LogP contribution in [-0.4, -0.2) is 42.8 Å². The maximum Gasteiger partial charge on any atom is 0.410 e. The summed E-state index contributed by atoms with van der Waals surface area (Å²) < 4.78 is 5.46. The van der Waals surface area contributed by atoms with Crippen molar-refractivity contribution < 1.29 is 9.53 Å². The molecule has 1 unspecified atom stereocenters. The molecule has 0 spiro atoms. The predicted molar refractivity (Wildman–Crippen MR) is 92.1 cm³/mol. The number of hydrogen-bond donors (Lipinski definition) is 1. The number of carbonyl (C=O) groups is 1. The second kappa shape index (κ2) is 8.19. The van der Waals surface area contributed by atoms with Crippen molar-refractivity contribution in [2.75, 3.05) is 26.2 Å². The lowest BCUT2D eigenvalue weighted by atomic mass is 9.80. The molecule has 4 nitrogen and oxygen atoms in total. The fraction of sp³-hybridized carbons (Fsp3) is 0.944. The van der Waals surface area contributed by atoms with E-state index < -0.39 is 5.60 Å². The molecule has 0 aromatic carbocycles. The highest BCUT2D eigenvalue weighted by Gasteiger charge is 2.33. The molecule has 1 rings (SSSR count). The van der Waals surface area contributed by atoms with E-state index in [1.165, 1.54) is 12.8 Å². The zero-order chi connectivity index (χ0) is 16.8. The zero-order valence-electron chi connectivity index (χ0n) is 15.5. The third kappa shape index (κ3) is 6.99. The highest BCUT2D eigenvalue weighted by Crippen LogP contribution is 2.30. The first-order valence-corrected chi connectivity index (χ1v) is 8.84. The van der Waals surface area contributed by atoms with Crippen molar-refractivity contribution in [2.45, 2.75) is 72.8 Å². The Bertz CT molecular complexity index is 341. The van der Waals surface area contributed by atoms with E-state index in [2.05, 4.69) is 26.1 Å². The van der Waals surface area contributed by atoms with E-state index in [0.717, 1.165) is 44.9 Å². The molecule has 0 radical (unpaired) electrons. The lowest BCUT2D eigenvalue weighted by Crippen LogP contribution is -2.47. The van der Waals surface area contributed by atoms with Crippen molar-refractivity contribution >= 4 is 6.09 Å². The van der Waals surface area contributed by atoms with Gasteiger partial charge in [-0.3, -0.25) is 0 Å². The quantitative estimate of drug-likeness (QED) is 0.804. The van der Waals surface area contributed by atoms with Crippen LogP contribution < -0.4 is 5.32 Å². The summed E-state index contributed by atoms with van der Waals surface area (Å²) in [5, 5.41) is 3.63. The molecule has 130 valence electrons. The van der Waals surface area contributed by atoms with Gasteiger partial charge in [0.15, 0.2) is 0 Å². The van der Waals surface area contributed by atoms with Crippen molar-refractivity contribution in [1.82, 2.24) is 10.2 Å². The first-order chi connectivity index (χ1) is 10.2. The van der Waals surface area contributed by atoms with Crippen LogP contribution in [0.2, 0.25) is 0 Å². The van der Waals surface area contributed by atoms with Crippen molar-refractivity contribution in [3.8, 4) is 0 Å². The standard InChI is InChI=1S/C18H36N2O2/c1-7-8-15(2)13-19-14-18(6)9-11-20(12-10-18)16(21)22-17(3,4)5/h15,19H,7-14H2,1-6H3. The second-order valence-corrected chi connectivity index (χ2v) is 8.30. The van der Waals surface area contributed by atoms with Crippen LogP contribution in [0.15, 0.2) is 0 Å². The van der Waals surface area contributed by atoms with Crippen LogP contribution in [0.3, 0.4) is 0 Å². The number of hydrogen-bond acceptors (Lipinski definition) is 3. The second-order valence-electron chi connectivity index (χ2n) is 8.30. The van der Waals surface area contributed by atoms with Crippen LogP contribution in [0.1, 0.15) is 67.2 Å². The number of rotatable bonds is 6. The molecule has 1 aliphatic heterocycles. The van der Waals surface area contributed by atoms with Crippen molar-refractivity contribution in [1.29, 1.82) is 0 Å². The van der Waals surface area contributed by atoms with Gasteiger partial charge in [0, 0.05) is 19.6 Å². The molecule has 1 fully saturated rings. The van der Waals surface area contributed by atoms with Gasteiger partial charge in [-0.1, -0.05) is 27.2 Å². The molecule has 1 N–H and O–H groups in total. The Kier molecular flexibility index (Phi) is 7.17. The minimum Gasteiger partial charge on any atom is -0.444 e. The van der Waals surface area contributed by atoms with Crippen molar-refractivity contribution in [3.63, 3.8) is 0 Å². The molecule has 0 aromatic rings. The summed E-state index contributed by atoms with van der Waals surface area (Å²) in [5.74, 6) is 0.746. The van der Waals surface area contributed by atoms with E-state index in [-0.39, 0.29) is 6.09 Å². The minimum absolute atomic E-state index is 0.168. The normalized spacial score (nSPS) is 19.8. The SMILES string of the molecule is CCCC(C)CNCC1(C)CCN(C(=O)OC(C)(C)C)CC1. The van der Waals surface area contributed by atoms with Crippen LogP contribution in [0.4, 0.5) is 4.79 Å². The van der Waals surface area contributed by atoms with Gasteiger partial charge in [-0.15, -0.1) is 0 Å². The van der Waals surface area contributed by atoms with Crippen molar-refractivity contribution in [3.05, 3.63) is 0 Å². The lowest BCUT2D eigenvalue weighted by molar-refractivity contribution is 0.0119. The molecule has 1 atom stereocenters. The minimum atomic E-state index is -0.408. The smallest absolute Gasteiger partial charge is 0.410 e. The first kappa shape index (κ1) is 19.3. The monoisotopic (exact) mass is 312 g/mol. The molecular weight excluding hydrogens is 276 g/mol. The fourth-order valence-corrected chi connectivity index (χ4v) is 2.95. The fourth-order valence-electron chi connectivity index (χ4n) is 2.95. The number of nitrogens with zero attached hydrogens (tertiary/aromatic N) is 1. The number of likely N-dealkylation sites (tertiary alicyclic amines) is 1. The van der Waals surface area contributed by atoms with Gasteiger partial charge in [0.05, 0.1) is 0 Å². The van der Waals surface area contributed by atoms with Gasteiger partial charge in [0.25, 0.3) is 0 Å². The summed E-state index contributed by atoms with van der Waals surface area (Å²) in [4.78, 5) is 13.9. The van der Waals surface area contributed by atoms with E-state index in [1.807, 2.05) is 25.7 Å². The number of nitrogens with one attached hydrogen (secondary N) is 1. The van der Waals surface area contributed by atoms with E-state index in [4.69, 9.17) is 4.74 Å². The van der Waals surface area contributed by atoms with E-state index in [1.54, 1.807) is 0 Å². The van der Waals surface area contributed by atoms with Gasteiger partial charge < -0.3 is 15.0 Å². The van der Waals surface area contributed by atoms with Gasteiger partial charge in [-0.25, -0.2) is 4.79 Å². The number of carbonyl (C=O) groups excluding carboxylic acids is 1. The Balaban J connectivity index is 2.32. The molecule has 22 heavy (non-hydrogen) atoms. The van der Waals surface area contributed by atoms with E-state index in [0.29, 0.717) is 5.41 Å². The summed E-state index contributed by atoms with van der Waals surface area (Å²) in [6.07, 6.45) is 4.46. The topological polar surface area (TPSA) is 41.6 Å². The number of piperidine rings is 1. The highest BCUT2D eigenvalue weighted by molar-refractivity contribution is 5.68. The third-order valence-electron chi connectivity index (χ3n) is 4.45. The van der Waals surface area contributed by atoms with Crippen LogP contribution in [0.5, 0.6) is 0 Å². The average molecular weight is 312 g/mol. The van der Waals surface area contributed by atoms with Gasteiger partial charge in [-0.05, 0) is 57.9 Å². The molecule has 1 saturated heterocycles. The Hall–Kier alpha value is -0.770. The molecule has 0 aromatic heterocycles. The summed E-state index contributed by atoms with van der Waals surface area (Å²) in [5.41, 5.74) is -0.112. The van der Waals surface area contributed by atoms with E-state index >= 15 is 0 Å².